The molecule has 0 bridgehead atoms. The summed E-state index contributed by atoms with van der Waals surface area (Å²) in [6.45, 7) is 0.290. The number of carboxylic acids is 1. The zero-order chi connectivity index (χ0) is 11.7. The van der Waals surface area contributed by atoms with Gasteiger partial charge in [-0.05, 0) is 18.2 Å². The van der Waals surface area contributed by atoms with Crippen LogP contribution in [-0.2, 0) is 11.3 Å². The van der Waals surface area contributed by atoms with E-state index in [4.69, 9.17) is 22.4 Å². The summed E-state index contributed by atoms with van der Waals surface area (Å²) in [5.74, 6) is -0.568. The van der Waals surface area contributed by atoms with Crippen molar-refractivity contribution in [3.63, 3.8) is 0 Å². The number of anilines is 1. The summed E-state index contributed by atoms with van der Waals surface area (Å²) < 4.78 is 1.65. The normalized spacial score (nSPS) is 10.8. The average Bonchev–Trinajstić information content (AvgIpc) is 2.51. The van der Waals surface area contributed by atoms with Gasteiger partial charge in [0.25, 0.3) is 0 Å². The molecule has 1 aromatic carbocycles. The van der Waals surface area contributed by atoms with E-state index in [0.29, 0.717) is 16.5 Å². The van der Waals surface area contributed by atoms with Crippen molar-refractivity contribution in [2.24, 2.45) is 0 Å². The van der Waals surface area contributed by atoms with Gasteiger partial charge >= 0.3 is 5.97 Å². The topological polar surface area (TPSA) is 81.1 Å². The Kier molecular flexibility index (Phi) is 2.70. The van der Waals surface area contributed by atoms with Crippen LogP contribution in [0.4, 0.5) is 5.95 Å². The molecule has 0 atom stereocenters. The highest BCUT2D eigenvalue weighted by Gasteiger charge is 2.09. The van der Waals surface area contributed by atoms with Gasteiger partial charge in [-0.1, -0.05) is 11.6 Å². The average molecular weight is 240 g/mol. The highest BCUT2D eigenvalue weighted by Crippen LogP contribution is 2.21. The molecule has 0 fully saturated rings. The fourth-order valence-corrected chi connectivity index (χ4v) is 1.72. The maximum Gasteiger partial charge on any atom is 0.305 e. The number of carbonyl (C=O) groups is 1. The van der Waals surface area contributed by atoms with Crippen molar-refractivity contribution in [2.45, 2.75) is 13.0 Å². The van der Waals surface area contributed by atoms with E-state index in [1.165, 1.54) is 0 Å². The highest BCUT2D eigenvalue weighted by molar-refractivity contribution is 6.31. The van der Waals surface area contributed by atoms with Crippen molar-refractivity contribution in [3.05, 3.63) is 23.2 Å². The van der Waals surface area contributed by atoms with Crippen LogP contribution in [0, 0.1) is 0 Å². The molecule has 6 heteroatoms. The van der Waals surface area contributed by atoms with Gasteiger partial charge in [0.05, 0.1) is 17.5 Å². The van der Waals surface area contributed by atoms with Gasteiger partial charge in [-0.15, -0.1) is 0 Å². The van der Waals surface area contributed by atoms with Crippen LogP contribution in [0.5, 0.6) is 0 Å². The molecular weight excluding hydrogens is 230 g/mol. The first-order chi connectivity index (χ1) is 7.58. The number of nitrogens with zero attached hydrogens (tertiary/aromatic N) is 2. The number of aryl methyl sites for hydroxylation is 1. The maximum absolute atomic E-state index is 10.5. The van der Waals surface area contributed by atoms with Gasteiger partial charge in [0.1, 0.15) is 0 Å². The first-order valence-corrected chi connectivity index (χ1v) is 5.09. The van der Waals surface area contributed by atoms with Gasteiger partial charge in [0.15, 0.2) is 0 Å². The Balaban J connectivity index is 2.45. The molecule has 84 valence electrons. The van der Waals surface area contributed by atoms with Gasteiger partial charge in [-0.3, -0.25) is 4.79 Å². The zero-order valence-electron chi connectivity index (χ0n) is 8.35. The second-order valence-corrected chi connectivity index (χ2v) is 3.83. The van der Waals surface area contributed by atoms with E-state index in [-0.39, 0.29) is 13.0 Å². The summed E-state index contributed by atoms with van der Waals surface area (Å²) in [5.41, 5.74) is 7.18. The third-order valence-corrected chi connectivity index (χ3v) is 2.52. The molecule has 1 heterocycles. The summed E-state index contributed by atoms with van der Waals surface area (Å²) in [5, 5.41) is 9.20. The molecule has 0 radical (unpaired) electrons. The highest BCUT2D eigenvalue weighted by atomic mass is 35.5. The predicted molar refractivity (Wildman–Crippen MR) is 61.4 cm³/mol. The van der Waals surface area contributed by atoms with Gasteiger partial charge in [-0.2, -0.15) is 0 Å². The number of nitrogen functional groups attached to an aromatic ring is 1. The van der Waals surface area contributed by atoms with E-state index in [0.717, 1.165) is 5.52 Å². The monoisotopic (exact) mass is 239 g/mol. The molecule has 2 rings (SSSR count). The molecule has 0 spiro atoms. The number of benzene rings is 1. The summed E-state index contributed by atoms with van der Waals surface area (Å²) >= 11 is 5.86. The molecule has 0 aliphatic heterocycles. The Morgan fingerprint density at radius 1 is 1.56 bits per heavy atom. The SMILES string of the molecule is Nc1nc2ccc(Cl)cc2n1CCC(=O)O. The number of hydrogen-bond acceptors (Lipinski definition) is 3. The summed E-state index contributed by atoms with van der Waals surface area (Å²) in [6.07, 6.45) is 0.00216. The fourth-order valence-electron chi connectivity index (χ4n) is 1.56. The number of hydrogen-bond donors (Lipinski definition) is 2. The zero-order valence-corrected chi connectivity index (χ0v) is 9.11. The minimum atomic E-state index is -0.872. The lowest BCUT2D eigenvalue weighted by atomic mass is 10.3. The number of imidazole rings is 1. The number of carboxylic acid groups (broad SMARTS) is 1. The minimum Gasteiger partial charge on any atom is -0.481 e. The Bertz CT molecular complexity index is 550. The third kappa shape index (κ3) is 1.94. The van der Waals surface area contributed by atoms with Crippen LogP contribution in [0.3, 0.4) is 0 Å². The van der Waals surface area contributed by atoms with E-state index in [1.807, 2.05) is 0 Å². The number of nitrogens with two attached hydrogens (primary N) is 1. The molecule has 0 aliphatic rings. The Morgan fingerprint density at radius 2 is 2.31 bits per heavy atom. The first kappa shape index (κ1) is 10.8. The molecule has 3 N–H and O–H groups in total. The van der Waals surface area contributed by atoms with Gasteiger partial charge in [0, 0.05) is 11.6 Å². The lowest BCUT2D eigenvalue weighted by Gasteiger charge is -2.03. The van der Waals surface area contributed by atoms with Crippen molar-refractivity contribution < 1.29 is 9.90 Å². The number of rotatable bonds is 3. The van der Waals surface area contributed by atoms with Crippen LogP contribution in [0.15, 0.2) is 18.2 Å². The molecule has 5 nitrogen and oxygen atoms in total. The number of aromatic nitrogens is 2. The van der Waals surface area contributed by atoms with Crippen LogP contribution in [0.25, 0.3) is 11.0 Å². The molecule has 0 unspecified atom stereocenters. The van der Waals surface area contributed by atoms with Crippen molar-refractivity contribution >= 4 is 34.6 Å². The van der Waals surface area contributed by atoms with Crippen LogP contribution >= 0.6 is 11.6 Å². The summed E-state index contributed by atoms with van der Waals surface area (Å²) in [7, 11) is 0. The lowest BCUT2D eigenvalue weighted by Crippen LogP contribution is -2.07. The Morgan fingerprint density at radius 3 is 3.00 bits per heavy atom. The van der Waals surface area contributed by atoms with Crippen LogP contribution in [0.1, 0.15) is 6.42 Å². The summed E-state index contributed by atoms with van der Waals surface area (Å²) in [6, 6.07) is 5.20. The minimum absolute atomic E-state index is 0.00216. The van der Waals surface area contributed by atoms with Gasteiger partial charge in [-0.25, -0.2) is 4.98 Å². The number of fused-ring (bicyclic) bond motifs is 1. The molecule has 0 amide bonds. The Labute approximate surface area is 96.4 Å². The second-order valence-electron chi connectivity index (χ2n) is 3.40. The second kappa shape index (κ2) is 4.02. The van der Waals surface area contributed by atoms with Crippen molar-refractivity contribution in [3.8, 4) is 0 Å². The molecule has 16 heavy (non-hydrogen) atoms. The van der Waals surface area contributed by atoms with E-state index in [2.05, 4.69) is 4.98 Å². The summed E-state index contributed by atoms with van der Waals surface area (Å²) in [4.78, 5) is 14.6. The molecule has 2 aromatic rings. The standard InChI is InChI=1S/C10H10ClN3O2/c11-6-1-2-7-8(5-6)14(10(12)13-7)4-3-9(15)16/h1-2,5H,3-4H2,(H2,12,13)(H,15,16). The van der Waals surface area contributed by atoms with E-state index >= 15 is 0 Å². The smallest absolute Gasteiger partial charge is 0.305 e. The molecule has 1 aromatic heterocycles. The fraction of sp³-hybridized carbons (Fsp3) is 0.200. The Hall–Kier alpha value is -1.75. The van der Waals surface area contributed by atoms with Gasteiger partial charge in [0.2, 0.25) is 5.95 Å². The lowest BCUT2D eigenvalue weighted by molar-refractivity contribution is -0.137. The molecule has 0 saturated heterocycles. The molecular formula is C10H10ClN3O2. The molecule has 0 saturated carbocycles. The van der Waals surface area contributed by atoms with E-state index < -0.39 is 5.97 Å². The van der Waals surface area contributed by atoms with Crippen LogP contribution < -0.4 is 5.73 Å². The third-order valence-electron chi connectivity index (χ3n) is 2.29. The van der Waals surface area contributed by atoms with E-state index in [9.17, 15) is 4.79 Å². The largest absolute Gasteiger partial charge is 0.481 e. The first-order valence-electron chi connectivity index (χ1n) is 4.71. The van der Waals surface area contributed by atoms with Crippen molar-refractivity contribution in [2.75, 3.05) is 5.73 Å². The van der Waals surface area contributed by atoms with Crippen LogP contribution in [0.2, 0.25) is 5.02 Å². The van der Waals surface area contributed by atoms with Crippen molar-refractivity contribution in [1.29, 1.82) is 0 Å². The molecule has 0 aliphatic carbocycles. The van der Waals surface area contributed by atoms with Gasteiger partial charge < -0.3 is 15.4 Å². The van der Waals surface area contributed by atoms with Crippen molar-refractivity contribution in [1.82, 2.24) is 9.55 Å². The van der Waals surface area contributed by atoms with E-state index in [1.54, 1.807) is 22.8 Å². The number of aliphatic carboxylic acids is 1. The predicted octanol–water partition coefficient (Wildman–Crippen LogP) is 1.75. The number of halogens is 1. The maximum atomic E-state index is 10.5. The quantitative estimate of drug-likeness (QED) is 0.855. The van der Waals surface area contributed by atoms with Crippen LogP contribution in [-0.4, -0.2) is 20.6 Å².